The van der Waals surface area contributed by atoms with Crippen LogP contribution >= 0.6 is 0 Å². The van der Waals surface area contributed by atoms with Crippen LogP contribution in [0.25, 0.3) is 0 Å². The highest BCUT2D eigenvalue weighted by molar-refractivity contribution is 6.04. The van der Waals surface area contributed by atoms with Gasteiger partial charge in [0.15, 0.2) is 0 Å². The fourth-order valence-electron chi connectivity index (χ4n) is 1.87. The molecular formula is C18H26O5. The highest BCUT2D eigenvalue weighted by atomic mass is 17.1. The SMILES string of the molecule is CCC=CC(=O)C#CC=CC(CCCCCCCC(=O)O)OO. The Morgan fingerprint density at radius 1 is 1.17 bits per heavy atom. The highest BCUT2D eigenvalue weighted by Gasteiger charge is 2.04. The van der Waals surface area contributed by atoms with E-state index in [9.17, 15) is 9.59 Å². The van der Waals surface area contributed by atoms with Gasteiger partial charge in [0.25, 0.3) is 0 Å². The Labute approximate surface area is 138 Å². The standard InChI is InChI=1S/C18H26O5/c1-2-3-11-16(19)12-9-10-14-17(23-22)13-7-5-4-6-8-15-18(20)21/h3,10-11,14,17,22H,2,4-8,13,15H2,1H3,(H,20,21). The van der Waals surface area contributed by atoms with Crippen LogP contribution in [0, 0.1) is 11.8 Å². The number of rotatable bonds is 12. The van der Waals surface area contributed by atoms with E-state index in [1.165, 1.54) is 12.2 Å². The van der Waals surface area contributed by atoms with Crippen LogP contribution in [0.1, 0.15) is 58.3 Å². The van der Waals surface area contributed by atoms with E-state index in [4.69, 9.17) is 10.4 Å². The second-order valence-corrected chi connectivity index (χ2v) is 5.15. The van der Waals surface area contributed by atoms with Crippen molar-refractivity contribution in [2.45, 2.75) is 64.4 Å². The van der Waals surface area contributed by atoms with Crippen LogP contribution in [0.5, 0.6) is 0 Å². The molecule has 0 amide bonds. The Hall–Kier alpha value is -1.90. The highest BCUT2D eigenvalue weighted by Crippen LogP contribution is 2.10. The van der Waals surface area contributed by atoms with E-state index in [1.54, 1.807) is 12.2 Å². The van der Waals surface area contributed by atoms with Crippen molar-refractivity contribution in [3.05, 3.63) is 24.3 Å². The number of carbonyl (C=O) groups is 2. The molecule has 0 aliphatic rings. The maximum Gasteiger partial charge on any atom is 0.303 e. The molecule has 2 N–H and O–H groups in total. The fourth-order valence-corrected chi connectivity index (χ4v) is 1.87. The summed E-state index contributed by atoms with van der Waals surface area (Å²) in [6, 6.07) is 0. The first-order valence-electron chi connectivity index (χ1n) is 8.00. The molecule has 1 unspecified atom stereocenters. The van der Waals surface area contributed by atoms with Crippen LogP contribution in [-0.4, -0.2) is 28.2 Å². The van der Waals surface area contributed by atoms with Gasteiger partial charge in [0, 0.05) is 6.42 Å². The lowest BCUT2D eigenvalue weighted by Crippen LogP contribution is -2.06. The van der Waals surface area contributed by atoms with E-state index in [0.29, 0.717) is 12.8 Å². The number of hydrogen-bond donors (Lipinski definition) is 2. The second-order valence-electron chi connectivity index (χ2n) is 5.15. The molecular weight excluding hydrogens is 296 g/mol. The van der Waals surface area contributed by atoms with Gasteiger partial charge in [-0.1, -0.05) is 44.6 Å². The third-order valence-corrected chi connectivity index (χ3v) is 3.11. The predicted octanol–water partition coefficient (Wildman–Crippen LogP) is 3.75. The van der Waals surface area contributed by atoms with Gasteiger partial charge in [0.05, 0.1) is 0 Å². The summed E-state index contributed by atoms with van der Waals surface area (Å²) in [5.74, 6) is 4.05. The molecule has 0 spiro atoms. The summed E-state index contributed by atoms with van der Waals surface area (Å²) in [5.41, 5.74) is 0. The molecule has 0 radical (unpaired) electrons. The molecule has 0 aliphatic heterocycles. The Morgan fingerprint density at radius 2 is 1.87 bits per heavy atom. The lowest BCUT2D eigenvalue weighted by Gasteiger charge is -2.07. The van der Waals surface area contributed by atoms with E-state index < -0.39 is 12.1 Å². The predicted molar refractivity (Wildman–Crippen MR) is 88.8 cm³/mol. The van der Waals surface area contributed by atoms with E-state index >= 15 is 0 Å². The van der Waals surface area contributed by atoms with Crippen molar-refractivity contribution < 1.29 is 24.8 Å². The largest absolute Gasteiger partial charge is 0.481 e. The van der Waals surface area contributed by atoms with E-state index in [-0.39, 0.29) is 12.2 Å². The summed E-state index contributed by atoms with van der Waals surface area (Å²) in [4.78, 5) is 25.9. The van der Waals surface area contributed by atoms with Crippen LogP contribution < -0.4 is 0 Å². The van der Waals surface area contributed by atoms with Crippen molar-refractivity contribution in [2.75, 3.05) is 0 Å². The average molecular weight is 322 g/mol. The van der Waals surface area contributed by atoms with E-state index in [0.717, 1.165) is 32.1 Å². The number of unbranched alkanes of at least 4 members (excludes halogenated alkanes) is 4. The van der Waals surface area contributed by atoms with Gasteiger partial charge in [0.2, 0.25) is 5.78 Å². The first-order chi connectivity index (χ1) is 11.1. The van der Waals surface area contributed by atoms with Gasteiger partial charge in [-0.2, -0.15) is 0 Å². The van der Waals surface area contributed by atoms with Crippen molar-refractivity contribution >= 4 is 11.8 Å². The molecule has 0 heterocycles. The molecule has 128 valence electrons. The summed E-state index contributed by atoms with van der Waals surface area (Å²) in [6.45, 7) is 1.94. The number of carboxylic acid groups (broad SMARTS) is 1. The van der Waals surface area contributed by atoms with Gasteiger partial charge in [-0.25, -0.2) is 4.89 Å². The van der Waals surface area contributed by atoms with E-state index in [1.807, 2.05) is 6.92 Å². The van der Waals surface area contributed by atoms with Crippen molar-refractivity contribution in [1.82, 2.24) is 0 Å². The Bertz CT molecular complexity index is 454. The van der Waals surface area contributed by atoms with Crippen molar-refractivity contribution in [2.24, 2.45) is 0 Å². The summed E-state index contributed by atoms with van der Waals surface area (Å²) in [6.07, 6.45) is 11.9. The monoisotopic (exact) mass is 322 g/mol. The number of ketones is 1. The van der Waals surface area contributed by atoms with Gasteiger partial charge in [0.1, 0.15) is 6.10 Å². The molecule has 0 rings (SSSR count). The summed E-state index contributed by atoms with van der Waals surface area (Å²) in [5, 5.41) is 17.3. The molecule has 1 atom stereocenters. The Morgan fingerprint density at radius 3 is 2.52 bits per heavy atom. The summed E-state index contributed by atoms with van der Waals surface area (Å²) in [7, 11) is 0. The van der Waals surface area contributed by atoms with Crippen molar-refractivity contribution in [1.29, 1.82) is 0 Å². The lowest BCUT2D eigenvalue weighted by atomic mass is 10.1. The number of allylic oxidation sites excluding steroid dienone is 3. The molecule has 0 aromatic carbocycles. The molecule has 5 nitrogen and oxygen atoms in total. The molecule has 0 aromatic heterocycles. The molecule has 0 bridgehead atoms. The van der Waals surface area contributed by atoms with E-state index in [2.05, 4.69) is 16.7 Å². The van der Waals surface area contributed by atoms with Gasteiger partial charge < -0.3 is 5.11 Å². The van der Waals surface area contributed by atoms with Crippen LogP contribution in [0.3, 0.4) is 0 Å². The fraction of sp³-hybridized carbons (Fsp3) is 0.556. The normalized spacial score (nSPS) is 12.3. The minimum atomic E-state index is -0.756. The zero-order valence-electron chi connectivity index (χ0n) is 13.7. The molecule has 0 fully saturated rings. The molecule has 5 heteroatoms. The third-order valence-electron chi connectivity index (χ3n) is 3.11. The minimum Gasteiger partial charge on any atom is -0.481 e. The molecule has 0 aromatic rings. The van der Waals surface area contributed by atoms with Crippen LogP contribution in [0.15, 0.2) is 24.3 Å². The third kappa shape index (κ3) is 14.8. The number of carboxylic acids is 1. The van der Waals surface area contributed by atoms with Gasteiger partial charge in [-0.15, -0.1) is 0 Å². The molecule has 0 saturated carbocycles. The molecule has 23 heavy (non-hydrogen) atoms. The Kier molecular flexibility index (Phi) is 13.8. The molecule has 0 saturated heterocycles. The average Bonchev–Trinajstić information content (AvgIpc) is 2.53. The zero-order chi connectivity index (χ0) is 17.3. The van der Waals surface area contributed by atoms with Crippen LogP contribution in [0.4, 0.5) is 0 Å². The first-order valence-corrected chi connectivity index (χ1v) is 8.00. The lowest BCUT2D eigenvalue weighted by molar-refractivity contribution is -0.267. The number of carbonyl (C=O) groups excluding carboxylic acids is 1. The second kappa shape index (κ2) is 15.0. The van der Waals surface area contributed by atoms with Gasteiger partial charge >= 0.3 is 5.97 Å². The summed E-state index contributed by atoms with van der Waals surface area (Å²) >= 11 is 0. The van der Waals surface area contributed by atoms with Crippen LogP contribution in [0.2, 0.25) is 0 Å². The first kappa shape index (κ1) is 21.1. The smallest absolute Gasteiger partial charge is 0.303 e. The quantitative estimate of drug-likeness (QED) is 0.143. The minimum absolute atomic E-state index is 0.218. The topological polar surface area (TPSA) is 83.8 Å². The zero-order valence-corrected chi connectivity index (χ0v) is 13.7. The van der Waals surface area contributed by atoms with Gasteiger partial charge in [-0.05, 0) is 43.4 Å². The van der Waals surface area contributed by atoms with Gasteiger partial charge in [-0.3, -0.25) is 14.8 Å². The van der Waals surface area contributed by atoms with Crippen molar-refractivity contribution in [3.8, 4) is 11.8 Å². The van der Waals surface area contributed by atoms with Crippen molar-refractivity contribution in [3.63, 3.8) is 0 Å². The summed E-state index contributed by atoms with van der Waals surface area (Å²) < 4.78 is 0. The maximum atomic E-state index is 11.2. The Balaban J connectivity index is 3.87. The van der Waals surface area contributed by atoms with Crippen LogP contribution in [-0.2, 0) is 14.5 Å². The number of aliphatic carboxylic acids is 1. The molecule has 0 aliphatic carbocycles. The maximum absolute atomic E-state index is 11.2. The number of hydrogen-bond acceptors (Lipinski definition) is 4.